The van der Waals surface area contributed by atoms with E-state index in [-0.39, 0.29) is 5.82 Å². The van der Waals surface area contributed by atoms with E-state index in [0.29, 0.717) is 16.7 Å². The average Bonchev–Trinajstić information content (AvgIpc) is 2.56. The molecule has 1 N–H and O–H groups in total. The van der Waals surface area contributed by atoms with Crippen LogP contribution in [0.2, 0.25) is 0 Å². The maximum absolute atomic E-state index is 13.5. The Hall–Kier alpha value is -3.08. The number of aromatic nitrogens is 3. The summed E-state index contributed by atoms with van der Waals surface area (Å²) in [4.78, 5) is 12.8. The number of para-hydroxylation sites is 1. The predicted octanol–water partition coefficient (Wildman–Crippen LogP) is 4.06. The smallest absolute Gasteiger partial charge is 0.141 e. The first kappa shape index (κ1) is 12.6. The predicted molar refractivity (Wildman–Crippen MR) is 84.5 cm³/mol. The molecule has 22 heavy (non-hydrogen) atoms. The van der Waals surface area contributed by atoms with Crippen molar-refractivity contribution in [1.82, 2.24) is 15.0 Å². The fourth-order valence-corrected chi connectivity index (χ4v) is 2.46. The average molecular weight is 290 g/mol. The molecule has 4 nitrogen and oxygen atoms in total. The maximum atomic E-state index is 13.5. The van der Waals surface area contributed by atoms with Crippen LogP contribution in [0, 0.1) is 5.82 Å². The van der Waals surface area contributed by atoms with Gasteiger partial charge in [-0.25, -0.2) is 14.4 Å². The van der Waals surface area contributed by atoms with E-state index in [9.17, 15) is 4.39 Å². The van der Waals surface area contributed by atoms with Crippen LogP contribution in [-0.2, 0) is 0 Å². The summed E-state index contributed by atoms with van der Waals surface area (Å²) >= 11 is 0. The molecule has 4 rings (SSSR count). The summed E-state index contributed by atoms with van der Waals surface area (Å²) in [6, 6.07) is 14.2. The number of hydrogen-bond acceptors (Lipinski definition) is 4. The van der Waals surface area contributed by atoms with Gasteiger partial charge in [-0.05, 0) is 30.3 Å². The minimum Gasteiger partial charge on any atom is -0.338 e. The quantitative estimate of drug-likeness (QED) is 0.605. The summed E-state index contributed by atoms with van der Waals surface area (Å²) < 4.78 is 13.5. The van der Waals surface area contributed by atoms with E-state index in [1.807, 2.05) is 30.3 Å². The Morgan fingerprint density at radius 2 is 1.82 bits per heavy atom. The van der Waals surface area contributed by atoms with Gasteiger partial charge in [-0.3, -0.25) is 4.98 Å². The summed E-state index contributed by atoms with van der Waals surface area (Å²) in [6.45, 7) is 0. The zero-order valence-electron chi connectivity index (χ0n) is 11.5. The Balaban J connectivity index is 1.88. The third kappa shape index (κ3) is 2.13. The molecule has 0 atom stereocenters. The zero-order chi connectivity index (χ0) is 14.9. The van der Waals surface area contributed by atoms with Gasteiger partial charge in [-0.2, -0.15) is 0 Å². The van der Waals surface area contributed by atoms with Crippen molar-refractivity contribution in [3.63, 3.8) is 0 Å². The van der Waals surface area contributed by atoms with Crippen LogP contribution in [0.3, 0.4) is 0 Å². The summed E-state index contributed by atoms with van der Waals surface area (Å²) in [6.07, 6.45) is 3.20. The lowest BCUT2D eigenvalue weighted by atomic mass is 10.2. The number of anilines is 2. The highest BCUT2D eigenvalue weighted by Gasteiger charge is 2.08. The number of hydrogen-bond donors (Lipinski definition) is 1. The van der Waals surface area contributed by atoms with Crippen molar-refractivity contribution >= 4 is 33.3 Å². The highest BCUT2D eigenvalue weighted by molar-refractivity contribution is 5.96. The Kier molecular flexibility index (Phi) is 2.89. The first-order chi connectivity index (χ1) is 10.8. The van der Waals surface area contributed by atoms with Crippen molar-refractivity contribution in [2.45, 2.75) is 0 Å². The van der Waals surface area contributed by atoms with E-state index in [1.54, 1.807) is 12.3 Å². The molecule has 0 saturated heterocycles. The van der Waals surface area contributed by atoms with Crippen LogP contribution in [-0.4, -0.2) is 15.0 Å². The van der Waals surface area contributed by atoms with Crippen molar-refractivity contribution in [3.8, 4) is 0 Å². The third-order valence-corrected chi connectivity index (χ3v) is 3.48. The lowest BCUT2D eigenvalue weighted by Crippen LogP contribution is -1.97. The third-order valence-electron chi connectivity index (χ3n) is 3.48. The number of fused-ring (bicyclic) bond motifs is 2. The molecule has 0 saturated carbocycles. The van der Waals surface area contributed by atoms with Crippen molar-refractivity contribution in [3.05, 3.63) is 66.9 Å². The standard InChI is InChI=1S/C17H11FN4/c18-12-6-7-14-13(9-12)17(21-10-20-14)22-15-5-1-3-11-4-2-8-19-16(11)15/h1-10H,(H,20,21,22). The van der Waals surface area contributed by atoms with Crippen LogP contribution < -0.4 is 5.32 Å². The SMILES string of the molecule is Fc1ccc2ncnc(Nc3cccc4cccnc34)c2c1. The number of pyridine rings is 1. The minimum absolute atomic E-state index is 0.318. The van der Waals surface area contributed by atoms with Gasteiger partial charge >= 0.3 is 0 Å². The summed E-state index contributed by atoms with van der Waals surface area (Å²) in [5.74, 6) is 0.240. The van der Waals surface area contributed by atoms with Gasteiger partial charge in [0.1, 0.15) is 18.0 Å². The molecule has 0 radical (unpaired) electrons. The van der Waals surface area contributed by atoms with Crippen LogP contribution in [0.4, 0.5) is 15.9 Å². The second kappa shape index (κ2) is 5.04. The van der Waals surface area contributed by atoms with Gasteiger partial charge in [0.2, 0.25) is 0 Å². The fraction of sp³-hybridized carbons (Fsp3) is 0. The number of halogens is 1. The molecule has 0 spiro atoms. The number of nitrogens with zero attached hydrogens (tertiary/aromatic N) is 3. The van der Waals surface area contributed by atoms with E-state index < -0.39 is 0 Å². The molecule has 0 fully saturated rings. The number of nitrogens with one attached hydrogen (secondary N) is 1. The molecule has 2 aromatic heterocycles. The highest BCUT2D eigenvalue weighted by atomic mass is 19.1. The Morgan fingerprint density at radius 1 is 0.909 bits per heavy atom. The van der Waals surface area contributed by atoms with E-state index in [4.69, 9.17) is 0 Å². The molecule has 0 aliphatic rings. The Bertz CT molecular complexity index is 979. The molecule has 0 aliphatic carbocycles. The monoisotopic (exact) mass is 290 g/mol. The summed E-state index contributed by atoms with van der Waals surface area (Å²) in [5, 5.41) is 4.90. The molecule has 106 valence electrons. The Morgan fingerprint density at radius 3 is 2.77 bits per heavy atom. The lowest BCUT2D eigenvalue weighted by Gasteiger charge is -2.10. The van der Waals surface area contributed by atoms with Gasteiger partial charge in [0.15, 0.2) is 0 Å². The van der Waals surface area contributed by atoms with Crippen LogP contribution >= 0.6 is 0 Å². The number of benzene rings is 2. The van der Waals surface area contributed by atoms with Gasteiger partial charge < -0.3 is 5.32 Å². The van der Waals surface area contributed by atoms with Crippen molar-refractivity contribution in [1.29, 1.82) is 0 Å². The summed E-state index contributed by atoms with van der Waals surface area (Å²) in [5.41, 5.74) is 2.35. The van der Waals surface area contributed by atoms with Crippen LogP contribution in [0.25, 0.3) is 21.8 Å². The molecule has 0 aliphatic heterocycles. The first-order valence-electron chi connectivity index (χ1n) is 6.82. The van der Waals surface area contributed by atoms with Crippen molar-refractivity contribution < 1.29 is 4.39 Å². The van der Waals surface area contributed by atoms with Gasteiger partial charge in [-0.15, -0.1) is 0 Å². The first-order valence-corrected chi connectivity index (χ1v) is 6.82. The summed E-state index contributed by atoms with van der Waals surface area (Å²) in [7, 11) is 0. The number of rotatable bonds is 2. The van der Waals surface area contributed by atoms with Crippen molar-refractivity contribution in [2.24, 2.45) is 0 Å². The van der Waals surface area contributed by atoms with E-state index in [0.717, 1.165) is 16.6 Å². The Labute approximate surface area is 125 Å². The molecule has 5 heteroatoms. The molecular formula is C17H11FN4. The molecule has 2 heterocycles. The van der Waals surface area contributed by atoms with Crippen LogP contribution in [0.5, 0.6) is 0 Å². The van der Waals surface area contributed by atoms with Crippen molar-refractivity contribution in [2.75, 3.05) is 5.32 Å². The molecule has 0 unspecified atom stereocenters. The lowest BCUT2D eigenvalue weighted by molar-refractivity contribution is 0.629. The molecule has 0 bridgehead atoms. The van der Waals surface area contributed by atoms with Gasteiger partial charge in [0.25, 0.3) is 0 Å². The second-order valence-corrected chi connectivity index (χ2v) is 4.89. The maximum Gasteiger partial charge on any atom is 0.141 e. The largest absolute Gasteiger partial charge is 0.338 e. The van der Waals surface area contributed by atoms with Gasteiger partial charge in [0, 0.05) is 17.0 Å². The van der Waals surface area contributed by atoms with E-state index >= 15 is 0 Å². The van der Waals surface area contributed by atoms with Gasteiger partial charge in [-0.1, -0.05) is 18.2 Å². The van der Waals surface area contributed by atoms with E-state index in [2.05, 4.69) is 20.3 Å². The highest BCUT2D eigenvalue weighted by Crippen LogP contribution is 2.27. The molecule has 0 amide bonds. The van der Waals surface area contributed by atoms with Gasteiger partial charge in [0.05, 0.1) is 16.7 Å². The second-order valence-electron chi connectivity index (χ2n) is 4.89. The zero-order valence-corrected chi connectivity index (χ0v) is 11.5. The minimum atomic E-state index is -0.318. The van der Waals surface area contributed by atoms with E-state index in [1.165, 1.54) is 18.5 Å². The van der Waals surface area contributed by atoms with Crippen LogP contribution in [0.15, 0.2) is 61.1 Å². The molecular weight excluding hydrogens is 279 g/mol. The van der Waals surface area contributed by atoms with Crippen LogP contribution in [0.1, 0.15) is 0 Å². The normalized spacial score (nSPS) is 11.0. The fourth-order valence-electron chi connectivity index (χ4n) is 2.46. The molecule has 2 aromatic carbocycles. The molecule has 4 aromatic rings. The topological polar surface area (TPSA) is 50.7 Å².